The molecule has 2 aromatic rings. The lowest BCUT2D eigenvalue weighted by Gasteiger charge is -2.45. The van der Waals surface area contributed by atoms with Gasteiger partial charge in [0.1, 0.15) is 25.4 Å². The van der Waals surface area contributed by atoms with Gasteiger partial charge in [-0.2, -0.15) is 0 Å². The van der Waals surface area contributed by atoms with Crippen LogP contribution in [0.25, 0.3) is 0 Å². The lowest BCUT2D eigenvalue weighted by Crippen LogP contribution is -2.66. The van der Waals surface area contributed by atoms with Crippen molar-refractivity contribution in [3.05, 3.63) is 71.8 Å². The molecule has 45 heavy (non-hydrogen) atoms. The first-order valence-corrected chi connectivity index (χ1v) is 14.2. The van der Waals surface area contributed by atoms with Gasteiger partial charge in [0.25, 0.3) is 0 Å². The summed E-state index contributed by atoms with van der Waals surface area (Å²) in [6.45, 7) is 2.39. The zero-order chi connectivity index (χ0) is 32.8. The number of rotatable bonds is 14. The van der Waals surface area contributed by atoms with Gasteiger partial charge in [-0.25, -0.2) is 9.59 Å². The maximum absolute atomic E-state index is 13.2. The predicted molar refractivity (Wildman–Crippen MR) is 155 cm³/mol. The monoisotopic (exact) mass is 630 g/mol. The summed E-state index contributed by atoms with van der Waals surface area (Å²) in [5.41, 5.74) is 1.42. The van der Waals surface area contributed by atoms with Crippen LogP contribution in [0.2, 0.25) is 0 Å². The summed E-state index contributed by atoms with van der Waals surface area (Å²) in [6, 6.07) is 15.1. The van der Waals surface area contributed by atoms with Crippen LogP contribution in [0.5, 0.6) is 0 Å². The Bertz CT molecular complexity index is 1280. The zero-order valence-corrected chi connectivity index (χ0v) is 25.2. The minimum absolute atomic E-state index is 0.0605. The molecule has 3 N–H and O–H groups in total. The number of aliphatic hydroxyl groups is 1. The summed E-state index contributed by atoms with van der Waals surface area (Å²) in [7, 11) is 0. The molecule has 0 radical (unpaired) electrons. The van der Waals surface area contributed by atoms with Crippen molar-refractivity contribution in [3.8, 4) is 0 Å². The smallest absolute Gasteiger partial charge is 0.408 e. The van der Waals surface area contributed by atoms with Gasteiger partial charge in [-0.05, 0) is 11.1 Å². The number of carbonyl (C=O) groups is 5. The van der Waals surface area contributed by atoms with Gasteiger partial charge in [0.15, 0.2) is 24.5 Å². The van der Waals surface area contributed by atoms with E-state index in [0.29, 0.717) is 5.56 Å². The summed E-state index contributed by atoms with van der Waals surface area (Å²) < 4.78 is 33.4. The largest absolute Gasteiger partial charge is 0.459 e. The van der Waals surface area contributed by atoms with Crippen molar-refractivity contribution >= 4 is 29.9 Å². The molecule has 2 amide bonds. The third kappa shape index (κ3) is 11.5. The van der Waals surface area contributed by atoms with Gasteiger partial charge in [0.2, 0.25) is 5.91 Å². The van der Waals surface area contributed by atoms with E-state index in [-0.39, 0.29) is 19.6 Å². The second kappa shape index (κ2) is 17.7. The van der Waals surface area contributed by atoms with Gasteiger partial charge >= 0.3 is 24.0 Å². The van der Waals surface area contributed by atoms with Gasteiger partial charge in [-0.1, -0.05) is 60.7 Å². The van der Waals surface area contributed by atoms with E-state index in [9.17, 15) is 29.1 Å². The van der Waals surface area contributed by atoms with E-state index in [4.69, 9.17) is 28.4 Å². The van der Waals surface area contributed by atoms with Crippen molar-refractivity contribution in [1.29, 1.82) is 0 Å². The van der Waals surface area contributed by atoms with Crippen LogP contribution in [-0.2, 0) is 60.8 Å². The topological polar surface area (TPSA) is 185 Å². The average molecular weight is 631 g/mol. The van der Waals surface area contributed by atoms with Gasteiger partial charge in [-0.3, -0.25) is 14.4 Å². The highest BCUT2D eigenvalue weighted by atomic mass is 16.7. The van der Waals surface area contributed by atoms with E-state index < -0.39 is 79.8 Å². The van der Waals surface area contributed by atoms with E-state index in [1.54, 1.807) is 54.6 Å². The molecule has 0 bridgehead atoms. The number of esters is 3. The van der Waals surface area contributed by atoms with E-state index in [2.05, 4.69) is 10.6 Å². The normalized spacial score (nSPS) is 21.5. The minimum atomic E-state index is -1.41. The fourth-order valence-electron chi connectivity index (χ4n) is 4.56. The van der Waals surface area contributed by atoms with Crippen LogP contribution < -0.4 is 10.6 Å². The molecule has 1 heterocycles. The minimum Gasteiger partial charge on any atom is -0.459 e. The maximum Gasteiger partial charge on any atom is 0.408 e. The standard InChI is InChI=1S/C31H38N2O12/c1-19(35)32-26-28(44-21(3)37)27(43-20(2)36)25(14-15-34)45-30(26)41-18-24(29(38)40-16-22-10-6-4-7-11-22)33-31(39)42-17-23-12-8-5-9-13-23/h4-13,24-28,30,34H,14-18H2,1-3H3,(H,32,35)(H,33,39)/t24-,25+,26+,27-,28+,30-/m0/s1. The number of aliphatic hydroxyl groups excluding tert-OH is 1. The summed E-state index contributed by atoms with van der Waals surface area (Å²) >= 11 is 0. The second-order valence-corrected chi connectivity index (χ2v) is 10.1. The van der Waals surface area contributed by atoms with Gasteiger partial charge in [0, 0.05) is 33.8 Å². The Morgan fingerprint density at radius 3 is 1.91 bits per heavy atom. The summed E-state index contributed by atoms with van der Waals surface area (Å²) in [5, 5.41) is 14.7. The molecule has 1 saturated heterocycles. The Labute approximate surface area is 260 Å². The molecule has 0 aromatic heterocycles. The SMILES string of the molecule is CC(=O)N[C@H]1[C@@H](OC[C@H](NC(=O)OCc2ccccc2)C(=O)OCc2ccccc2)O[C@H](CCO)[C@H](OC(C)=O)[C@@H]1OC(C)=O. The third-order valence-electron chi connectivity index (χ3n) is 6.47. The molecular formula is C31H38N2O12. The lowest BCUT2D eigenvalue weighted by molar-refractivity contribution is -0.274. The third-order valence-corrected chi connectivity index (χ3v) is 6.47. The molecule has 0 spiro atoms. The second-order valence-electron chi connectivity index (χ2n) is 10.1. The van der Waals surface area contributed by atoms with E-state index in [1.807, 2.05) is 6.07 Å². The summed E-state index contributed by atoms with van der Waals surface area (Å²) in [5.74, 6) is -2.88. The average Bonchev–Trinajstić information content (AvgIpc) is 3.00. The number of hydrogen-bond acceptors (Lipinski definition) is 12. The van der Waals surface area contributed by atoms with Crippen LogP contribution in [0, 0.1) is 0 Å². The first kappa shape index (κ1) is 35.0. The van der Waals surface area contributed by atoms with Gasteiger partial charge < -0.3 is 44.2 Å². The zero-order valence-electron chi connectivity index (χ0n) is 25.2. The summed E-state index contributed by atoms with van der Waals surface area (Å²) in [6.07, 6.45) is -5.93. The van der Waals surface area contributed by atoms with Crippen LogP contribution in [0.15, 0.2) is 60.7 Å². The van der Waals surface area contributed by atoms with Crippen molar-refractivity contribution in [2.75, 3.05) is 13.2 Å². The van der Waals surface area contributed by atoms with Crippen LogP contribution >= 0.6 is 0 Å². The van der Waals surface area contributed by atoms with E-state index in [0.717, 1.165) is 19.4 Å². The Hall–Kier alpha value is -4.53. The highest BCUT2D eigenvalue weighted by molar-refractivity contribution is 5.81. The van der Waals surface area contributed by atoms with Crippen molar-refractivity contribution in [2.45, 2.75) is 77.1 Å². The van der Waals surface area contributed by atoms with E-state index in [1.165, 1.54) is 6.92 Å². The molecule has 0 unspecified atom stereocenters. The van der Waals surface area contributed by atoms with Crippen LogP contribution in [0.4, 0.5) is 4.79 Å². The molecule has 6 atom stereocenters. The van der Waals surface area contributed by atoms with Gasteiger partial charge in [-0.15, -0.1) is 0 Å². The lowest BCUT2D eigenvalue weighted by atomic mass is 9.94. The quantitative estimate of drug-likeness (QED) is 0.202. The fraction of sp³-hybridized carbons (Fsp3) is 0.452. The number of benzene rings is 2. The Morgan fingerprint density at radius 2 is 1.38 bits per heavy atom. The first-order valence-electron chi connectivity index (χ1n) is 14.2. The molecule has 3 rings (SSSR count). The summed E-state index contributed by atoms with van der Waals surface area (Å²) in [4.78, 5) is 62.0. The van der Waals surface area contributed by atoms with Crippen LogP contribution in [0.3, 0.4) is 0 Å². The highest BCUT2D eigenvalue weighted by Gasteiger charge is 2.51. The van der Waals surface area contributed by atoms with Crippen molar-refractivity contribution in [1.82, 2.24) is 10.6 Å². The number of alkyl carbamates (subject to hydrolysis) is 1. The molecule has 14 heteroatoms. The Balaban J connectivity index is 1.82. The Morgan fingerprint density at radius 1 is 0.822 bits per heavy atom. The van der Waals surface area contributed by atoms with Crippen LogP contribution in [-0.4, -0.2) is 84.9 Å². The number of hydrogen-bond donors (Lipinski definition) is 3. The van der Waals surface area contributed by atoms with Crippen molar-refractivity contribution < 1.29 is 57.5 Å². The van der Waals surface area contributed by atoms with Crippen LogP contribution in [0.1, 0.15) is 38.3 Å². The molecular weight excluding hydrogens is 592 g/mol. The molecule has 14 nitrogen and oxygen atoms in total. The number of carbonyl (C=O) groups excluding carboxylic acids is 5. The molecule has 1 fully saturated rings. The predicted octanol–water partition coefficient (Wildman–Crippen LogP) is 1.52. The molecule has 2 aromatic carbocycles. The fourth-order valence-corrected chi connectivity index (χ4v) is 4.56. The molecule has 1 aliphatic rings. The first-order chi connectivity index (χ1) is 21.6. The molecule has 0 saturated carbocycles. The maximum atomic E-state index is 13.2. The highest BCUT2D eigenvalue weighted by Crippen LogP contribution is 2.29. The molecule has 244 valence electrons. The van der Waals surface area contributed by atoms with Crippen molar-refractivity contribution in [2.24, 2.45) is 0 Å². The molecule has 1 aliphatic heterocycles. The number of amides is 2. The van der Waals surface area contributed by atoms with Crippen molar-refractivity contribution in [3.63, 3.8) is 0 Å². The van der Waals surface area contributed by atoms with E-state index >= 15 is 0 Å². The van der Waals surface area contributed by atoms with Gasteiger partial charge in [0.05, 0.1) is 6.61 Å². The number of ether oxygens (including phenoxy) is 6. The number of nitrogens with one attached hydrogen (secondary N) is 2. The molecule has 0 aliphatic carbocycles. The Kier molecular flexibility index (Phi) is 13.7.